The minimum absolute atomic E-state index is 0.0198. The number of esters is 1. The molecule has 0 aliphatic carbocycles. The van der Waals surface area contributed by atoms with Crippen LogP contribution < -0.4 is 0 Å². The van der Waals surface area contributed by atoms with Crippen molar-refractivity contribution in [1.29, 1.82) is 0 Å². The van der Waals surface area contributed by atoms with Crippen LogP contribution in [0, 0.1) is 0 Å². The van der Waals surface area contributed by atoms with Crippen molar-refractivity contribution in [3.8, 4) is 0 Å². The minimum atomic E-state index is -2.50. The molecule has 0 spiro atoms. The van der Waals surface area contributed by atoms with Crippen LogP contribution in [0.3, 0.4) is 0 Å². The van der Waals surface area contributed by atoms with Crippen molar-refractivity contribution >= 4 is 24.3 Å². The van der Waals surface area contributed by atoms with E-state index in [1.54, 1.807) is 0 Å². The van der Waals surface area contributed by atoms with Crippen LogP contribution in [0.1, 0.15) is 65.7 Å². The van der Waals surface area contributed by atoms with Gasteiger partial charge in [-0.3, -0.25) is 0 Å². The molecule has 0 saturated heterocycles. The van der Waals surface area contributed by atoms with Gasteiger partial charge in [0.15, 0.2) is 0 Å². The van der Waals surface area contributed by atoms with Crippen LogP contribution >= 0.6 is 0 Å². The quantitative estimate of drug-likeness (QED) is 0.230. The van der Waals surface area contributed by atoms with Gasteiger partial charge in [0.05, 0.1) is 0 Å². The zero-order valence-corrected chi connectivity index (χ0v) is 17.7. The van der Waals surface area contributed by atoms with Crippen molar-refractivity contribution < 1.29 is 9.53 Å². The van der Waals surface area contributed by atoms with Gasteiger partial charge in [0, 0.05) is 0 Å². The Kier molecular flexibility index (Phi) is 9.46. The molecule has 0 amide bonds. The number of ether oxygens (including phenoxy) is 1. The van der Waals surface area contributed by atoms with Crippen LogP contribution in [-0.4, -0.2) is 30.5 Å². The van der Waals surface area contributed by atoms with Crippen LogP contribution in [0.4, 0.5) is 0 Å². The summed E-state index contributed by atoms with van der Waals surface area (Å²) in [7, 11) is 0. The Bertz CT molecular complexity index is 365. The molecule has 1 aliphatic heterocycles. The summed E-state index contributed by atoms with van der Waals surface area (Å²) >= 11 is -2.50. The van der Waals surface area contributed by atoms with Crippen molar-refractivity contribution in [3.63, 3.8) is 0 Å². The molecule has 126 valence electrons. The van der Waals surface area contributed by atoms with Gasteiger partial charge in [-0.05, 0) is 0 Å². The van der Waals surface area contributed by atoms with E-state index in [0.29, 0.717) is 0 Å². The third-order valence-corrected chi connectivity index (χ3v) is 20.9. The average molecular weight is 413 g/mol. The van der Waals surface area contributed by atoms with Gasteiger partial charge >= 0.3 is 141 Å². The second-order valence-electron chi connectivity index (χ2n) is 6.64. The monoisotopic (exact) mass is 414 g/mol. The van der Waals surface area contributed by atoms with E-state index >= 15 is 0 Å². The first kappa shape index (κ1) is 19.8. The summed E-state index contributed by atoms with van der Waals surface area (Å²) in [5, 5.41) is 0. The molecule has 1 unspecified atom stereocenters. The maximum atomic E-state index is 11.9. The van der Waals surface area contributed by atoms with Crippen molar-refractivity contribution in [2.45, 2.75) is 85.1 Å². The van der Waals surface area contributed by atoms with Gasteiger partial charge in [-0.15, -0.1) is 0 Å². The molecule has 0 aromatic carbocycles. The van der Waals surface area contributed by atoms with E-state index in [1.807, 2.05) is 12.2 Å². The number of carbonyl (C=O) groups excluding carboxylic acids is 1. The summed E-state index contributed by atoms with van der Waals surface area (Å²) in [4.78, 5) is 11.9. The molecular weight excluding hydrogens is 379 g/mol. The average Bonchev–Trinajstić information content (AvgIpc) is 2.89. The number of hydrogen-bond donors (Lipinski definition) is 0. The van der Waals surface area contributed by atoms with Gasteiger partial charge in [0.1, 0.15) is 0 Å². The molecule has 3 heteroatoms. The summed E-state index contributed by atoms with van der Waals surface area (Å²) < 4.78 is 11.2. The Morgan fingerprint density at radius 1 is 1.09 bits per heavy atom. The summed E-state index contributed by atoms with van der Waals surface area (Å²) in [6.45, 7) is 10.7. The van der Waals surface area contributed by atoms with E-state index in [1.165, 1.54) is 55.4 Å². The number of carbonyl (C=O) groups is 1. The molecule has 1 aliphatic rings. The zero-order chi connectivity index (χ0) is 16.4. The molecule has 1 rings (SSSR count). The second kappa shape index (κ2) is 10.5. The fraction of sp³-hybridized carbons (Fsp3) is 0.737. The molecular formula is C19H34O2Sn. The molecule has 0 bridgehead atoms. The SMILES string of the molecule is C=CCC1OC(=O)C=[C]1[Sn]([CH2]CCC)([CH2]CCC)[CH2]CCC. The Balaban J connectivity index is 3.09. The van der Waals surface area contributed by atoms with Crippen molar-refractivity contribution in [2.75, 3.05) is 0 Å². The molecule has 0 aromatic rings. The van der Waals surface area contributed by atoms with E-state index in [2.05, 4.69) is 27.4 Å². The zero-order valence-electron chi connectivity index (χ0n) is 14.8. The number of unbranched alkanes of at least 4 members (excludes halogenated alkanes) is 3. The normalized spacial score (nSPS) is 18.2. The Morgan fingerprint density at radius 3 is 2.00 bits per heavy atom. The molecule has 1 atom stereocenters. The summed E-state index contributed by atoms with van der Waals surface area (Å²) in [6, 6.07) is 0. The standard InChI is InChI=1S/C7H7O2.3C4H9.Sn/c1-2-3-6-4-5-7(8)9-6;3*1-3-4-2;/h2,5-6H,1,3H2;3*1,3-4H2,2H3;. The van der Waals surface area contributed by atoms with Crippen LogP contribution in [0.25, 0.3) is 0 Å². The summed E-state index contributed by atoms with van der Waals surface area (Å²) in [6.07, 6.45) is 12.3. The predicted molar refractivity (Wildman–Crippen MR) is 97.7 cm³/mol. The summed E-state index contributed by atoms with van der Waals surface area (Å²) in [5.41, 5.74) is 0. The second-order valence-corrected chi connectivity index (χ2v) is 19.9. The molecule has 0 saturated carbocycles. The predicted octanol–water partition coefficient (Wildman–Crippen LogP) is 5.80. The Morgan fingerprint density at radius 2 is 1.59 bits per heavy atom. The van der Waals surface area contributed by atoms with E-state index < -0.39 is 18.4 Å². The van der Waals surface area contributed by atoms with Crippen molar-refractivity contribution in [3.05, 3.63) is 22.3 Å². The van der Waals surface area contributed by atoms with Crippen molar-refractivity contribution in [2.24, 2.45) is 0 Å². The van der Waals surface area contributed by atoms with E-state index in [9.17, 15) is 4.79 Å². The first-order valence-corrected chi connectivity index (χ1v) is 16.6. The van der Waals surface area contributed by atoms with Crippen LogP contribution in [0.5, 0.6) is 0 Å². The first-order chi connectivity index (χ1) is 10.6. The van der Waals surface area contributed by atoms with Crippen LogP contribution in [0.15, 0.2) is 22.3 Å². The third-order valence-electron chi connectivity index (χ3n) is 4.90. The topological polar surface area (TPSA) is 26.3 Å². The molecule has 0 fully saturated rings. The van der Waals surface area contributed by atoms with Gasteiger partial charge in [0.25, 0.3) is 0 Å². The Labute approximate surface area is 141 Å². The number of rotatable bonds is 12. The molecule has 1 heterocycles. The van der Waals surface area contributed by atoms with E-state index in [0.717, 1.165) is 6.42 Å². The van der Waals surface area contributed by atoms with Crippen LogP contribution in [0.2, 0.25) is 13.3 Å². The first-order valence-electron chi connectivity index (χ1n) is 9.17. The van der Waals surface area contributed by atoms with Crippen molar-refractivity contribution in [1.82, 2.24) is 0 Å². The molecule has 22 heavy (non-hydrogen) atoms. The summed E-state index contributed by atoms with van der Waals surface area (Å²) in [5.74, 6) is -0.104. The van der Waals surface area contributed by atoms with Crippen LogP contribution in [-0.2, 0) is 9.53 Å². The van der Waals surface area contributed by atoms with E-state index in [4.69, 9.17) is 4.74 Å². The molecule has 0 radical (unpaired) electrons. The molecule has 0 N–H and O–H groups in total. The van der Waals surface area contributed by atoms with Gasteiger partial charge in [-0.2, -0.15) is 0 Å². The van der Waals surface area contributed by atoms with E-state index in [-0.39, 0.29) is 12.1 Å². The molecule has 2 nitrogen and oxygen atoms in total. The third kappa shape index (κ3) is 5.43. The Hall–Kier alpha value is -0.251. The van der Waals surface area contributed by atoms with Gasteiger partial charge in [-0.25, -0.2) is 0 Å². The maximum absolute atomic E-state index is 11.9. The number of hydrogen-bond acceptors (Lipinski definition) is 2. The fourth-order valence-electron chi connectivity index (χ4n) is 3.63. The molecule has 0 aromatic heterocycles. The van der Waals surface area contributed by atoms with Gasteiger partial charge < -0.3 is 0 Å². The number of cyclic esters (lactones) is 1. The van der Waals surface area contributed by atoms with Gasteiger partial charge in [-0.1, -0.05) is 0 Å². The fourth-order valence-corrected chi connectivity index (χ4v) is 20.7. The van der Waals surface area contributed by atoms with Gasteiger partial charge in [0.2, 0.25) is 0 Å².